The van der Waals surface area contributed by atoms with Crippen molar-refractivity contribution in [3.8, 4) is 0 Å². The van der Waals surface area contributed by atoms with E-state index in [4.69, 9.17) is 15.5 Å². The number of nitrogens with two attached hydrogens (primary N) is 1. The van der Waals surface area contributed by atoms with Crippen molar-refractivity contribution >= 4 is 34.2 Å². The fourth-order valence-corrected chi connectivity index (χ4v) is 5.67. The second kappa shape index (κ2) is 10.9. The number of rotatable bonds is 4. The van der Waals surface area contributed by atoms with E-state index in [0.717, 1.165) is 55.1 Å². The topological polar surface area (TPSA) is 91.1 Å². The average molecular weight is 532 g/mol. The highest BCUT2D eigenvalue weighted by atomic mass is 16.6. The highest BCUT2D eigenvalue weighted by molar-refractivity contribution is 5.98. The third kappa shape index (κ3) is 6.03. The largest absolute Gasteiger partial charge is 0.444 e. The van der Waals surface area contributed by atoms with E-state index in [1.165, 1.54) is 11.3 Å². The fraction of sp³-hybridized carbons (Fsp3) is 0.500. The van der Waals surface area contributed by atoms with Crippen molar-refractivity contribution in [3.63, 3.8) is 0 Å². The lowest BCUT2D eigenvalue weighted by Crippen LogP contribution is -2.56. The highest BCUT2D eigenvalue weighted by Crippen LogP contribution is 2.32. The minimum Gasteiger partial charge on any atom is -0.444 e. The molecule has 2 aliphatic rings. The monoisotopic (exact) mass is 531 g/mol. The van der Waals surface area contributed by atoms with Crippen LogP contribution in [0.1, 0.15) is 40.2 Å². The first-order valence-corrected chi connectivity index (χ1v) is 13.9. The van der Waals surface area contributed by atoms with E-state index in [0.29, 0.717) is 25.2 Å². The van der Waals surface area contributed by atoms with Crippen molar-refractivity contribution in [2.75, 3.05) is 54.8 Å². The average Bonchev–Trinajstić information content (AvgIpc) is 2.90. The number of carbonyl (C=O) groups excluding carboxylic acids is 1. The Morgan fingerprint density at radius 2 is 1.69 bits per heavy atom. The number of pyridine rings is 2. The van der Waals surface area contributed by atoms with Gasteiger partial charge in [-0.3, -0.25) is 9.88 Å². The summed E-state index contributed by atoms with van der Waals surface area (Å²) in [5.41, 5.74) is 9.71. The van der Waals surface area contributed by atoms with Crippen molar-refractivity contribution in [1.82, 2.24) is 19.8 Å². The van der Waals surface area contributed by atoms with Crippen LogP contribution in [-0.4, -0.2) is 82.8 Å². The Morgan fingerprint density at radius 1 is 0.974 bits per heavy atom. The molecule has 5 rings (SSSR count). The first kappa shape index (κ1) is 27.0. The zero-order valence-corrected chi connectivity index (χ0v) is 23.8. The van der Waals surface area contributed by atoms with Crippen LogP contribution in [-0.2, 0) is 11.3 Å². The Hall–Kier alpha value is -3.59. The van der Waals surface area contributed by atoms with Crippen molar-refractivity contribution in [2.24, 2.45) is 0 Å². The van der Waals surface area contributed by atoms with Crippen LogP contribution >= 0.6 is 0 Å². The van der Waals surface area contributed by atoms with Gasteiger partial charge in [0.25, 0.3) is 0 Å². The Bertz CT molecular complexity index is 1290. The van der Waals surface area contributed by atoms with Crippen LogP contribution in [0.2, 0.25) is 0 Å². The molecule has 2 aromatic heterocycles. The molecule has 0 spiro atoms. The number of hydrogen-bond donors (Lipinski definition) is 1. The maximum Gasteiger partial charge on any atom is 0.410 e. The zero-order chi connectivity index (χ0) is 27.7. The van der Waals surface area contributed by atoms with Crippen molar-refractivity contribution in [1.29, 1.82) is 0 Å². The first-order valence-electron chi connectivity index (χ1n) is 13.9. The molecule has 4 heterocycles. The number of amides is 1. The maximum absolute atomic E-state index is 12.4. The quantitative estimate of drug-likeness (QED) is 0.497. The van der Waals surface area contributed by atoms with Gasteiger partial charge in [0.1, 0.15) is 11.4 Å². The van der Waals surface area contributed by atoms with Crippen molar-refractivity contribution in [3.05, 3.63) is 54.4 Å². The van der Waals surface area contributed by atoms with Crippen LogP contribution in [0.5, 0.6) is 0 Å². The number of hydrogen-bond acceptors (Lipinski definition) is 8. The van der Waals surface area contributed by atoms with E-state index in [-0.39, 0.29) is 6.09 Å². The molecule has 0 radical (unpaired) electrons. The Kier molecular flexibility index (Phi) is 7.53. The third-order valence-corrected chi connectivity index (χ3v) is 7.65. The number of nitrogens with zero attached hydrogens (tertiary/aromatic N) is 6. The van der Waals surface area contributed by atoms with Gasteiger partial charge >= 0.3 is 6.09 Å². The van der Waals surface area contributed by atoms with Gasteiger partial charge in [-0.2, -0.15) is 0 Å². The van der Waals surface area contributed by atoms with Crippen molar-refractivity contribution in [2.45, 2.75) is 58.8 Å². The first-order chi connectivity index (χ1) is 18.6. The van der Waals surface area contributed by atoms with Gasteiger partial charge in [-0.15, -0.1) is 0 Å². The van der Waals surface area contributed by atoms with E-state index in [2.05, 4.69) is 57.8 Å². The normalized spacial score (nSPS) is 20.9. The number of fused-ring (bicyclic) bond motifs is 1. The summed E-state index contributed by atoms with van der Waals surface area (Å²) < 4.78 is 5.52. The lowest BCUT2D eigenvalue weighted by Gasteiger charge is -2.45. The van der Waals surface area contributed by atoms with Crippen LogP contribution < -0.4 is 15.5 Å². The minimum atomic E-state index is -0.477. The number of carbonyl (C=O) groups is 1. The molecule has 1 aromatic carbocycles. The summed E-state index contributed by atoms with van der Waals surface area (Å²) in [6.45, 7) is 15.8. The smallest absolute Gasteiger partial charge is 0.410 e. The predicted octanol–water partition coefficient (Wildman–Crippen LogP) is 4.37. The number of ether oxygens (including phenoxy) is 1. The number of nitrogen functional groups attached to an aromatic ring is 1. The Morgan fingerprint density at radius 3 is 2.33 bits per heavy atom. The van der Waals surface area contributed by atoms with Gasteiger partial charge in [0, 0.05) is 81.4 Å². The summed E-state index contributed by atoms with van der Waals surface area (Å²) in [5, 5.41) is 1.11. The minimum absolute atomic E-state index is 0.241. The number of benzene rings is 1. The molecule has 2 N–H and O–H groups in total. The summed E-state index contributed by atoms with van der Waals surface area (Å²) in [7, 11) is 0. The predicted molar refractivity (Wildman–Crippen MR) is 157 cm³/mol. The molecule has 3 aromatic rings. The van der Waals surface area contributed by atoms with E-state index in [9.17, 15) is 4.79 Å². The molecule has 2 saturated heterocycles. The van der Waals surface area contributed by atoms with E-state index >= 15 is 0 Å². The molecule has 0 aliphatic carbocycles. The van der Waals surface area contributed by atoms with E-state index in [1.807, 2.05) is 39.1 Å². The lowest BCUT2D eigenvalue weighted by atomic mass is 10.0. The summed E-state index contributed by atoms with van der Waals surface area (Å²) in [6.07, 6.45) is 3.56. The molecular formula is C30H41N7O2. The fourth-order valence-electron chi connectivity index (χ4n) is 5.67. The molecule has 9 heteroatoms. The molecule has 2 fully saturated rings. The molecule has 39 heavy (non-hydrogen) atoms. The number of piperazine rings is 2. The van der Waals surface area contributed by atoms with E-state index in [1.54, 1.807) is 11.1 Å². The summed E-state index contributed by atoms with van der Waals surface area (Å²) in [5.74, 6) is 0.956. The van der Waals surface area contributed by atoms with Crippen LogP contribution in [0.4, 0.5) is 22.0 Å². The van der Waals surface area contributed by atoms with Gasteiger partial charge in [0.05, 0.1) is 11.2 Å². The summed E-state index contributed by atoms with van der Waals surface area (Å²) in [4.78, 5) is 30.7. The maximum atomic E-state index is 12.4. The van der Waals surface area contributed by atoms with Gasteiger partial charge in [-0.1, -0.05) is 6.07 Å². The Balaban J connectivity index is 1.19. The van der Waals surface area contributed by atoms with Gasteiger partial charge in [0.2, 0.25) is 0 Å². The van der Waals surface area contributed by atoms with Crippen LogP contribution in [0, 0.1) is 0 Å². The standard InChI is InChI=1S/C30H41N7O2/c1-21-18-36(26-10-9-25(31)28-24(26)7-6-12-32-28)19-22(2)37(21)20-23-8-11-27(33-17-23)34-13-15-35(16-14-34)29(38)39-30(3,4)5/h6-12,17,21-22H,13-16,18-20,31H2,1-5H3/t21-,22+. The second-order valence-corrected chi connectivity index (χ2v) is 11.8. The summed E-state index contributed by atoms with van der Waals surface area (Å²) >= 11 is 0. The van der Waals surface area contributed by atoms with Gasteiger partial charge < -0.3 is 25.2 Å². The third-order valence-electron chi connectivity index (χ3n) is 7.65. The zero-order valence-electron chi connectivity index (χ0n) is 23.8. The van der Waals surface area contributed by atoms with Gasteiger partial charge in [0.15, 0.2) is 0 Å². The molecule has 1 amide bonds. The highest BCUT2D eigenvalue weighted by Gasteiger charge is 2.31. The van der Waals surface area contributed by atoms with Crippen LogP contribution in [0.15, 0.2) is 48.8 Å². The van der Waals surface area contributed by atoms with Gasteiger partial charge in [-0.25, -0.2) is 9.78 Å². The molecule has 9 nitrogen and oxygen atoms in total. The molecule has 0 unspecified atom stereocenters. The lowest BCUT2D eigenvalue weighted by molar-refractivity contribution is 0.0240. The summed E-state index contributed by atoms with van der Waals surface area (Å²) in [6, 6.07) is 13.2. The van der Waals surface area contributed by atoms with Crippen molar-refractivity contribution < 1.29 is 9.53 Å². The Labute approximate surface area is 231 Å². The van der Waals surface area contributed by atoms with E-state index < -0.39 is 5.60 Å². The van der Waals surface area contributed by atoms with Crippen LogP contribution in [0.3, 0.4) is 0 Å². The molecule has 2 aliphatic heterocycles. The molecule has 0 bridgehead atoms. The molecule has 2 atom stereocenters. The van der Waals surface area contributed by atoms with Gasteiger partial charge in [-0.05, 0) is 70.5 Å². The number of anilines is 3. The SMILES string of the molecule is C[C@@H]1CN(c2ccc(N)c3ncccc23)C[C@H](C)N1Cc1ccc(N2CCN(C(=O)OC(C)(C)C)CC2)nc1. The molecular weight excluding hydrogens is 490 g/mol. The molecule has 0 saturated carbocycles. The van der Waals surface area contributed by atoms with Crippen LogP contribution in [0.25, 0.3) is 10.9 Å². The molecule has 208 valence electrons. The number of aromatic nitrogens is 2. The second-order valence-electron chi connectivity index (χ2n) is 11.8.